The number of hydrogen-bond donors (Lipinski definition) is 9. The standard InChI is InChI=1S/C16H24O16/c17-3-5-10(8(21)9(22)12(24)28-5)29-13-11(23)15(26)16(27,14(25,4-18)32-13)31-7(20)2-1-6(19)30-15/h5,8-13,17-18,21-27H,1-4H2/t5-,8-,9-,10-,11-,12-,13+,14-,15+,16-/m1/s1. The molecule has 0 aromatic carbocycles. The van der Waals surface area contributed by atoms with Crippen molar-refractivity contribution in [1.82, 2.24) is 0 Å². The van der Waals surface area contributed by atoms with E-state index in [1.807, 2.05) is 0 Å². The Balaban J connectivity index is 1.99. The number of aliphatic hydroxyl groups excluding tert-OH is 6. The van der Waals surface area contributed by atoms with Crippen molar-refractivity contribution in [2.24, 2.45) is 0 Å². The minimum atomic E-state index is -3.76. The fourth-order valence-corrected chi connectivity index (χ4v) is 3.56. The van der Waals surface area contributed by atoms with Gasteiger partial charge in [0.25, 0.3) is 5.79 Å². The van der Waals surface area contributed by atoms with Gasteiger partial charge in [-0.15, -0.1) is 0 Å². The lowest BCUT2D eigenvalue weighted by molar-refractivity contribution is -0.536. The van der Waals surface area contributed by atoms with Gasteiger partial charge < -0.3 is 69.6 Å². The van der Waals surface area contributed by atoms with E-state index in [1.165, 1.54) is 0 Å². The fraction of sp³-hybridized carbons (Fsp3) is 0.875. The summed E-state index contributed by atoms with van der Waals surface area (Å²) in [5.41, 5.74) is 0. The quantitative estimate of drug-likeness (QED) is 0.172. The maximum Gasteiger partial charge on any atom is 0.337 e. The lowest BCUT2D eigenvalue weighted by atomic mass is 9.87. The number of carbonyl (C=O) groups is 2. The molecule has 16 nitrogen and oxygen atoms in total. The normalized spacial score (nSPS) is 50.0. The Kier molecular flexibility index (Phi) is 6.80. The molecule has 0 spiro atoms. The Morgan fingerprint density at radius 1 is 0.938 bits per heavy atom. The molecule has 0 aromatic heterocycles. The molecule has 32 heavy (non-hydrogen) atoms. The van der Waals surface area contributed by atoms with Crippen LogP contribution in [0, 0.1) is 0 Å². The first-order valence-corrected chi connectivity index (χ1v) is 9.37. The maximum atomic E-state index is 12.0. The number of rotatable bonds is 4. The van der Waals surface area contributed by atoms with Gasteiger partial charge in [0.05, 0.1) is 19.4 Å². The molecule has 0 bridgehead atoms. The molecule has 3 saturated heterocycles. The molecular weight excluding hydrogens is 448 g/mol. The van der Waals surface area contributed by atoms with Gasteiger partial charge in [-0.2, -0.15) is 0 Å². The summed E-state index contributed by atoms with van der Waals surface area (Å²) in [5, 5.41) is 91.5. The van der Waals surface area contributed by atoms with Crippen LogP contribution in [0.2, 0.25) is 0 Å². The summed E-state index contributed by atoms with van der Waals surface area (Å²) < 4.78 is 24.3. The zero-order valence-corrected chi connectivity index (χ0v) is 16.3. The van der Waals surface area contributed by atoms with E-state index in [2.05, 4.69) is 9.47 Å². The SMILES string of the molecule is O=C1CCC(=O)O[C@@]2(O)[C@H](O)[C@@H](O[C@H]3[C@H](O)[C@@H](O)[C@H](O)O[C@@H]3CO)O[C@](O)(CO)[C@@]2(O)O1. The summed E-state index contributed by atoms with van der Waals surface area (Å²) >= 11 is 0. The molecule has 3 aliphatic rings. The van der Waals surface area contributed by atoms with E-state index in [0.29, 0.717) is 0 Å². The van der Waals surface area contributed by atoms with Crippen molar-refractivity contribution < 1.29 is 79.2 Å². The summed E-state index contributed by atoms with van der Waals surface area (Å²) in [4.78, 5) is 23.9. The van der Waals surface area contributed by atoms with Gasteiger partial charge in [0.1, 0.15) is 31.0 Å². The van der Waals surface area contributed by atoms with Gasteiger partial charge in [0.15, 0.2) is 18.7 Å². The highest BCUT2D eigenvalue weighted by Gasteiger charge is 2.78. The van der Waals surface area contributed by atoms with Gasteiger partial charge in [-0.3, -0.25) is 9.59 Å². The molecule has 0 saturated carbocycles. The molecule has 0 aromatic rings. The third-order valence-corrected chi connectivity index (χ3v) is 5.39. The van der Waals surface area contributed by atoms with E-state index in [9.17, 15) is 55.5 Å². The Morgan fingerprint density at radius 2 is 1.53 bits per heavy atom. The minimum Gasteiger partial charge on any atom is -0.423 e. The maximum absolute atomic E-state index is 12.0. The summed E-state index contributed by atoms with van der Waals surface area (Å²) in [6, 6.07) is 0. The third kappa shape index (κ3) is 3.77. The van der Waals surface area contributed by atoms with Crippen molar-refractivity contribution in [3.05, 3.63) is 0 Å². The summed E-state index contributed by atoms with van der Waals surface area (Å²) in [6.45, 7) is -2.52. The van der Waals surface area contributed by atoms with Crippen LogP contribution in [0.1, 0.15) is 12.8 Å². The second-order valence-corrected chi connectivity index (χ2v) is 7.49. The van der Waals surface area contributed by atoms with Crippen LogP contribution in [-0.4, -0.2) is 132 Å². The van der Waals surface area contributed by atoms with E-state index in [-0.39, 0.29) is 0 Å². The predicted octanol–water partition coefficient (Wildman–Crippen LogP) is -6.54. The lowest BCUT2D eigenvalue weighted by Crippen LogP contribution is -2.83. The average Bonchev–Trinajstić information content (AvgIpc) is 2.74. The van der Waals surface area contributed by atoms with Gasteiger partial charge in [0, 0.05) is 0 Å². The highest BCUT2D eigenvalue weighted by Crippen LogP contribution is 2.47. The average molecular weight is 472 g/mol. The van der Waals surface area contributed by atoms with Gasteiger partial charge >= 0.3 is 23.5 Å². The van der Waals surface area contributed by atoms with Crippen molar-refractivity contribution in [3.8, 4) is 0 Å². The minimum absolute atomic E-state index is 0.653. The Morgan fingerprint density at radius 3 is 2.09 bits per heavy atom. The lowest BCUT2D eigenvalue weighted by Gasteiger charge is -2.56. The molecule has 0 radical (unpaired) electrons. The van der Waals surface area contributed by atoms with E-state index < -0.39 is 98.5 Å². The van der Waals surface area contributed by atoms with Gasteiger partial charge in [-0.05, 0) is 0 Å². The van der Waals surface area contributed by atoms with Crippen LogP contribution in [0.15, 0.2) is 0 Å². The summed E-state index contributed by atoms with van der Waals surface area (Å²) in [6.07, 6.45) is -15.6. The third-order valence-electron chi connectivity index (χ3n) is 5.39. The van der Waals surface area contributed by atoms with Gasteiger partial charge in [-0.25, -0.2) is 0 Å². The van der Waals surface area contributed by atoms with Crippen molar-refractivity contribution >= 4 is 11.9 Å². The van der Waals surface area contributed by atoms with Crippen molar-refractivity contribution in [1.29, 1.82) is 0 Å². The molecule has 9 N–H and O–H groups in total. The molecule has 0 unspecified atom stereocenters. The van der Waals surface area contributed by atoms with Crippen LogP contribution >= 0.6 is 0 Å². The zero-order chi connectivity index (χ0) is 24.1. The molecular formula is C16H24O16. The smallest absolute Gasteiger partial charge is 0.337 e. The molecule has 184 valence electrons. The van der Waals surface area contributed by atoms with Crippen LogP contribution in [0.3, 0.4) is 0 Å². The van der Waals surface area contributed by atoms with E-state index in [0.717, 1.165) is 0 Å². The van der Waals surface area contributed by atoms with E-state index in [4.69, 9.17) is 14.2 Å². The first kappa shape index (κ1) is 25.1. The van der Waals surface area contributed by atoms with Crippen LogP contribution < -0.4 is 0 Å². The number of esters is 2. The fourth-order valence-electron chi connectivity index (χ4n) is 3.56. The number of fused-ring (bicyclic) bond motifs is 1. The number of hydrogen-bond acceptors (Lipinski definition) is 16. The van der Waals surface area contributed by atoms with Gasteiger partial charge in [-0.1, -0.05) is 0 Å². The molecule has 10 atom stereocenters. The second-order valence-electron chi connectivity index (χ2n) is 7.49. The largest absolute Gasteiger partial charge is 0.423 e. The molecule has 3 rings (SSSR count). The summed E-state index contributed by atoms with van der Waals surface area (Å²) in [5.74, 6) is -13.6. The van der Waals surface area contributed by atoms with Gasteiger partial charge in [0.2, 0.25) is 0 Å². The van der Waals surface area contributed by atoms with Crippen LogP contribution in [0.5, 0.6) is 0 Å². The first-order chi connectivity index (χ1) is 14.8. The molecule has 0 aliphatic carbocycles. The Labute approximate surface area is 178 Å². The molecule has 3 heterocycles. The Bertz CT molecular complexity index is 731. The molecule has 3 fully saturated rings. The molecule has 16 heteroatoms. The van der Waals surface area contributed by atoms with Crippen LogP contribution in [-0.2, 0) is 33.3 Å². The van der Waals surface area contributed by atoms with Crippen molar-refractivity contribution in [3.63, 3.8) is 0 Å². The van der Waals surface area contributed by atoms with Crippen molar-refractivity contribution in [2.45, 2.75) is 73.3 Å². The second kappa shape index (κ2) is 8.67. The first-order valence-electron chi connectivity index (χ1n) is 9.37. The number of ether oxygens (including phenoxy) is 5. The molecule has 3 aliphatic heterocycles. The number of carbonyl (C=O) groups excluding carboxylic acids is 2. The van der Waals surface area contributed by atoms with Crippen LogP contribution in [0.4, 0.5) is 0 Å². The summed E-state index contributed by atoms with van der Waals surface area (Å²) in [7, 11) is 0. The van der Waals surface area contributed by atoms with Crippen molar-refractivity contribution in [2.75, 3.05) is 13.2 Å². The molecule has 0 amide bonds. The highest BCUT2D eigenvalue weighted by molar-refractivity contribution is 5.79. The monoisotopic (exact) mass is 472 g/mol. The topological polar surface area (TPSA) is 262 Å². The van der Waals surface area contributed by atoms with E-state index in [1.54, 1.807) is 0 Å². The number of aliphatic hydroxyl groups is 9. The highest BCUT2D eigenvalue weighted by atomic mass is 16.8. The van der Waals surface area contributed by atoms with E-state index >= 15 is 0 Å². The Hall–Kier alpha value is -1.54. The van der Waals surface area contributed by atoms with Crippen LogP contribution in [0.25, 0.3) is 0 Å². The predicted molar refractivity (Wildman–Crippen MR) is 89.1 cm³/mol. The zero-order valence-electron chi connectivity index (χ0n) is 16.3.